The summed E-state index contributed by atoms with van der Waals surface area (Å²) in [6, 6.07) is 11.4. The van der Waals surface area contributed by atoms with Crippen molar-refractivity contribution in [1.82, 2.24) is 9.88 Å². The number of morpholine rings is 1. The summed E-state index contributed by atoms with van der Waals surface area (Å²) in [5, 5.41) is 1.40. The van der Waals surface area contributed by atoms with Crippen LogP contribution in [0.2, 0.25) is 5.02 Å². The molecule has 0 saturated carbocycles. The maximum atomic E-state index is 13.4. The highest BCUT2D eigenvalue weighted by Crippen LogP contribution is 2.34. The highest BCUT2D eigenvalue weighted by atomic mass is 79.9. The first-order chi connectivity index (χ1) is 14.5. The van der Waals surface area contributed by atoms with Crippen molar-refractivity contribution < 1.29 is 9.53 Å². The van der Waals surface area contributed by atoms with Crippen molar-refractivity contribution in [3.05, 3.63) is 57.0 Å². The third-order valence-corrected chi connectivity index (χ3v) is 7.19. The van der Waals surface area contributed by atoms with Crippen LogP contribution in [-0.4, -0.2) is 55.2 Å². The monoisotopic (exact) mass is 543 g/mol. The van der Waals surface area contributed by atoms with Gasteiger partial charge < -0.3 is 4.74 Å². The Hall–Kier alpha value is -1.22. The maximum absolute atomic E-state index is 13.4. The van der Waals surface area contributed by atoms with Crippen molar-refractivity contribution in [2.75, 3.05) is 44.3 Å². The van der Waals surface area contributed by atoms with E-state index < -0.39 is 0 Å². The average Bonchev–Trinajstić information content (AvgIpc) is 3.19. The molecule has 0 unspecified atom stereocenters. The second-order valence-corrected chi connectivity index (χ2v) is 9.62. The van der Waals surface area contributed by atoms with E-state index in [2.05, 4.69) is 20.8 Å². The number of carbonyl (C=O) groups excluding carboxylic acids is 1. The van der Waals surface area contributed by atoms with Crippen LogP contribution in [0.25, 0.3) is 10.2 Å². The van der Waals surface area contributed by atoms with Crippen LogP contribution >= 0.6 is 51.3 Å². The number of aromatic nitrogens is 1. The van der Waals surface area contributed by atoms with E-state index in [1.165, 1.54) is 11.3 Å². The number of nitrogens with zero attached hydrogens (tertiary/aromatic N) is 3. The Morgan fingerprint density at radius 3 is 2.81 bits per heavy atom. The van der Waals surface area contributed by atoms with E-state index in [-0.39, 0.29) is 18.3 Å². The Morgan fingerprint density at radius 1 is 1.29 bits per heavy atom. The normalized spacial score (nSPS) is 14.4. The fourth-order valence-corrected chi connectivity index (χ4v) is 5.14. The van der Waals surface area contributed by atoms with Crippen LogP contribution < -0.4 is 4.90 Å². The zero-order valence-electron chi connectivity index (χ0n) is 17.1. The second kappa shape index (κ2) is 11.1. The minimum atomic E-state index is -0.0407. The third-order valence-electron chi connectivity index (χ3n) is 5.24. The number of benzene rings is 2. The molecule has 1 amide bonds. The van der Waals surface area contributed by atoms with Gasteiger partial charge in [-0.2, -0.15) is 0 Å². The van der Waals surface area contributed by atoms with Crippen molar-refractivity contribution in [1.29, 1.82) is 0 Å². The van der Waals surface area contributed by atoms with E-state index in [1.807, 2.05) is 43.3 Å². The predicted molar refractivity (Wildman–Crippen MR) is 134 cm³/mol. The van der Waals surface area contributed by atoms with Gasteiger partial charge in [0.05, 0.1) is 23.4 Å². The molecule has 1 fully saturated rings. The molecule has 31 heavy (non-hydrogen) atoms. The molecule has 0 radical (unpaired) electrons. The number of anilines is 1. The molecular weight excluding hydrogens is 521 g/mol. The minimum absolute atomic E-state index is 0. The highest BCUT2D eigenvalue weighted by molar-refractivity contribution is 9.10. The summed E-state index contributed by atoms with van der Waals surface area (Å²) in [6.07, 6.45) is 0.870. The van der Waals surface area contributed by atoms with Crippen LogP contribution in [0.4, 0.5) is 5.13 Å². The van der Waals surface area contributed by atoms with Gasteiger partial charge in [0.15, 0.2) is 5.13 Å². The number of halogens is 3. The Kier molecular flexibility index (Phi) is 8.73. The predicted octanol–water partition coefficient (Wildman–Crippen LogP) is 5.81. The van der Waals surface area contributed by atoms with Crippen molar-refractivity contribution in [2.45, 2.75) is 13.3 Å². The van der Waals surface area contributed by atoms with Gasteiger partial charge >= 0.3 is 0 Å². The van der Waals surface area contributed by atoms with Gasteiger partial charge in [0.2, 0.25) is 0 Å². The number of fused-ring (bicyclic) bond motifs is 1. The molecule has 5 nitrogen and oxygen atoms in total. The molecule has 1 aromatic heterocycles. The molecular formula is C22H24BrCl2N3O2S. The molecule has 0 N–H and O–H groups in total. The minimum Gasteiger partial charge on any atom is -0.379 e. The van der Waals surface area contributed by atoms with Gasteiger partial charge in [-0.15, -0.1) is 12.4 Å². The lowest BCUT2D eigenvalue weighted by molar-refractivity contribution is 0.0376. The van der Waals surface area contributed by atoms with Gasteiger partial charge in [0.1, 0.15) is 0 Å². The molecule has 166 valence electrons. The van der Waals surface area contributed by atoms with Gasteiger partial charge in [-0.1, -0.05) is 44.9 Å². The first-order valence-corrected chi connectivity index (χ1v) is 11.9. The fraction of sp³-hybridized carbons (Fsp3) is 0.364. The SMILES string of the molecule is Cc1c(Cl)ccc2sc(N(CCCN3CCOCC3)C(=O)c3cccc(Br)c3)nc12.Cl. The van der Waals surface area contributed by atoms with Crippen molar-refractivity contribution in [2.24, 2.45) is 0 Å². The first-order valence-electron chi connectivity index (χ1n) is 9.96. The smallest absolute Gasteiger partial charge is 0.260 e. The molecule has 1 aliphatic rings. The summed E-state index contributed by atoms with van der Waals surface area (Å²) in [7, 11) is 0. The largest absolute Gasteiger partial charge is 0.379 e. The number of rotatable bonds is 6. The third kappa shape index (κ3) is 5.78. The summed E-state index contributed by atoms with van der Waals surface area (Å²) in [5.41, 5.74) is 2.45. The summed E-state index contributed by atoms with van der Waals surface area (Å²) in [6.45, 7) is 6.94. The molecule has 4 rings (SSSR count). The molecule has 0 spiro atoms. The van der Waals surface area contributed by atoms with E-state index in [4.69, 9.17) is 21.3 Å². The lowest BCUT2D eigenvalue weighted by Crippen LogP contribution is -2.39. The average molecular weight is 545 g/mol. The van der Waals surface area contributed by atoms with E-state index in [9.17, 15) is 4.79 Å². The van der Waals surface area contributed by atoms with Crippen LogP contribution in [0, 0.1) is 6.92 Å². The number of hydrogen-bond donors (Lipinski definition) is 0. The van der Waals surface area contributed by atoms with E-state index in [0.29, 0.717) is 22.3 Å². The zero-order valence-corrected chi connectivity index (χ0v) is 21.1. The van der Waals surface area contributed by atoms with Gasteiger partial charge in [0, 0.05) is 41.2 Å². The quantitative estimate of drug-likeness (QED) is 0.392. The molecule has 2 heterocycles. The molecule has 1 aliphatic heterocycles. The molecule has 2 aromatic carbocycles. The van der Waals surface area contributed by atoms with Gasteiger partial charge in [0.25, 0.3) is 5.91 Å². The topological polar surface area (TPSA) is 45.7 Å². The maximum Gasteiger partial charge on any atom is 0.260 e. The van der Waals surface area contributed by atoms with Crippen LogP contribution in [-0.2, 0) is 4.74 Å². The Morgan fingerprint density at radius 2 is 2.06 bits per heavy atom. The van der Waals surface area contributed by atoms with Crippen molar-refractivity contribution in [3.8, 4) is 0 Å². The number of carbonyl (C=O) groups is 1. The second-order valence-electron chi connectivity index (χ2n) is 7.29. The number of aryl methyl sites for hydroxylation is 1. The summed E-state index contributed by atoms with van der Waals surface area (Å²) in [4.78, 5) is 22.4. The lowest BCUT2D eigenvalue weighted by atomic mass is 10.2. The molecule has 0 aliphatic carbocycles. The Balaban J connectivity index is 0.00000272. The van der Waals surface area contributed by atoms with Crippen LogP contribution in [0.5, 0.6) is 0 Å². The van der Waals surface area contributed by atoms with E-state index >= 15 is 0 Å². The van der Waals surface area contributed by atoms with E-state index in [0.717, 1.165) is 59.5 Å². The number of amides is 1. The molecule has 0 atom stereocenters. The van der Waals surface area contributed by atoms with Crippen LogP contribution in [0.1, 0.15) is 22.3 Å². The lowest BCUT2D eigenvalue weighted by Gasteiger charge is -2.27. The van der Waals surface area contributed by atoms with Crippen molar-refractivity contribution >= 4 is 72.5 Å². The van der Waals surface area contributed by atoms with Gasteiger partial charge in [-0.25, -0.2) is 4.98 Å². The standard InChI is InChI=1S/C22H23BrClN3O2S.ClH/c1-15-18(24)6-7-19-20(15)25-22(30-19)27(9-3-8-26-10-12-29-13-11-26)21(28)16-4-2-5-17(23)14-16;/h2,4-7,14H,3,8-13H2,1H3;1H. The summed E-state index contributed by atoms with van der Waals surface area (Å²) >= 11 is 11.3. The Bertz CT molecular complexity index is 1060. The number of hydrogen-bond acceptors (Lipinski definition) is 5. The zero-order chi connectivity index (χ0) is 21.1. The van der Waals surface area contributed by atoms with Crippen molar-refractivity contribution in [3.63, 3.8) is 0 Å². The van der Waals surface area contributed by atoms with Crippen LogP contribution in [0.3, 0.4) is 0 Å². The first kappa shape index (κ1) is 24.4. The van der Waals surface area contributed by atoms with Gasteiger partial charge in [-0.3, -0.25) is 14.6 Å². The Labute approximate surface area is 205 Å². The van der Waals surface area contributed by atoms with E-state index in [1.54, 1.807) is 4.90 Å². The highest BCUT2D eigenvalue weighted by Gasteiger charge is 2.22. The molecule has 0 bridgehead atoms. The summed E-state index contributed by atoms with van der Waals surface area (Å²) < 4.78 is 7.35. The molecule has 1 saturated heterocycles. The number of thiazole rings is 1. The number of ether oxygens (including phenoxy) is 1. The molecule has 3 aromatic rings. The van der Waals surface area contributed by atoms with Gasteiger partial charge in [-0.05, 0) is 49.2 Å². The summed E-state index contributed by atoms with van der Waals surface area (Å²) in [5.74, 6) is -0.0407. The fourth-order valence-electron chi connectivity index (χ4n) is 3.54. The van der Waals surface area contributed by atoms with Crippen LogP contribution in [0.15, 0.2) is 40.9 Å². The molecule has 9 heteroatoms.